The average Bonchev–Trinajstić information content (AvgIpc) is 2.80. The van der Waals surface area contributed by atoms with E-state index in [1.807, 2.05) is 12.1 Å². The minimum atomic E-state index is -3.11. The van der Waals surface area contributed by atoms with Crippen LogP contribution in [0.25, 0.3) is 0 Å². The maximum atomic E-state index is 11.8. The third-order valence-electron chi connectivity index (χ3n) is 4.03. The van der Waals surface area contributed by atoms with Crippen LogP contribution in [0.1, 0.15) is 20.3 Å². The molecule has 1 aromatic rings. The molecule has 5 heteroatoms. The maximum Gasteiger partial charge on any atom is 0.178 e. The number of hydrogen-bond acceptors (Lipinski definition) is 4. The molecule has 2 atom stereocenters. The fourth-order valence-electron chi connectivity index (χ4n) is 2.70. The number of nitrogens with zero attached hydrogens (tertiary/aromatic N) is 1. The van der Waals surface area contributed by atoms with Gasteiger partial charge in [-0.05, 0) is 36.6 Å². The van der Waals surface area contributed by atoms with E-state index in [1.165, 1.54) is 0 Å². The van der Waals surface area contributed by atoms with Gasteiger partial charge in [-0.2, -0.15) is 0 Å². The molecule has 0 spiro atoms. The average molecular weight is 282 g/mol. The zero-order valence-electron chi connectivity index (χ0n) is 11.5. The minimum Gasteiger partial charge on any atom is -0.367 e. The van der Waals surface area contributed by atoms with Gasteiger partial charge in [-0.15, -0.1) is 0 Å². The first-order valence-corrected chi connectivity index (χ1v) is 8.44. The zero-order valence-corrected chi connectivity index (χ0v) is 12.4. The quantitative estimate of drug-likeness (QED) is 0.912. The summed E-state index contributed by atoms with van der Waals surface area (Å²) in [5, 5.41) is 0. The lowest BCUT2D eigenvalue weighted by atomic mass is 10.0. The molecule has 0 aliphatic carbocycles. The van der Waals surface area contributed by atoms with Crippen LogP contribution in [0.4, 0.5) is 5.69 Å². The summed E-state index contributed by atoms with van der Waals surface area (Å²) in [4.78, 5) is 2.68. The summed E-state index contributed by atoms with van der Waals surface area (Å²) < 4.78 is 23.5. The van der Waals surface area contributed by atoms with E-state index in [-0.39, 0.29) is 5.75 Å². The fraction of sp³-hybridized carbons (Fsp3) is 0.571. The molecule has 19 heavy (non-hydrogen) atoms. The second-order valence-electron chi connectivity index (χ2n) is 5.16. The first kappa shape index (κ1) is 14.3. The molecule has 0 saturated carbocycles. The summed E-state index contributed by atoms with van der Waals surface area (Å²) in [6.07, 6.45) is 1.14. The van der Waals surface area contributed by atoms with E-state index in [4.69, 9.17) is 5.73 Å². The molecule has 1 aliphatic heterocycles. The standard InChI is InChI=1S/C14H22N2O2S/c1-3-19(17,18)13-6-4-12(5-7-13)16-9-8-11(2)14(16)10-15/h4-7,11,14H,3,8-10,15H2,1-2H3. The highest BCUT2D eigenvalue weighted by atomic mass is 32.2. The molecule has 1 fully saturated rings. The van der Waals surface area contributed by atoms with Crippen molar-refractivity contribution in [1.82, 2.24) is 0 Å². The van der Waals surface area contributed by atoms with Crippen molar-refractivity contribution in [3.8, 4) is 0 Å². The second kappa shape index (κ2) is 5.51. The Morgan fingerprint density at radius 1 is 1.32 bits per heavy atom. The Bertz CT molecular complexity index is 525. The Balaban J connectivity index is 2.24. The molecule has 4 nitrogen and oxygen atoms in total. The molecular formula is C14H22N2O2S. The molecule has 2 rings (SSSR count). The van der Waals surface area contributed by atoms with Gasteiger partial charge in [-0.3, -0.25) is 0 Å². The van der Waals surface area contributed by atoms with Crippen molar-refractivity contribution in [2.24, 2.45) is 11.7 Å². The van der Waals surface area contributed by atoms with Crippen LogP contribution in [-0.4, -0.2) is 33.3 Å². The van der Waals surface area contributed by atoms with Gasteiger partial charge in [0.1, 0.15) is 0 Å². The van der Waals surface area contributed by atoms with Crippen molar-refractivity contribution in [2.45, 2.75) is 31.2 Å². The molecule has 2 unspecified atom stereocenters. The largest absolute Gasteiger partial charge is 0.367 e. The molecule has 0 aromatic heterocycles. The van der Waals surface area contributed by atoms with Crippen LogP contribution in [0.2, 0.25) is 0 Å². The number of anilines is 1. The van der Waals surface area contributed by atoms with Gasteiger partial charge in [0.25, 0.3) is 0 Å². The van der Waals surface area contributed by atoms with Gasteiger partial charge in [0.05, 0.1) is 10.6 Å². The number of sulfone groups is 1. The van der Waals surface area contributed by atoms with E-state index in [2.05, 4.69) is 11.8 Å². The van der Waals surface area contributed by atoms with Crippen molar-refractivity contribution in [2.75, 3.05) is 23.7 Å². The summed E-state index contributed by atoms with van der Waals surface area (Å²) >= 11 is 0. The van der Waals surface area contributed by atoms with E-state index in [0.29, 0.717) is 23.4 Å². The predicted molar refractivity (Wildman–Crippen MR) is 78.1 cm³/mol. The lowest BCUT2D eigenvalue weighted by Gasteiger charge is -2.27. The van der Waals surface area contributed by atoms with Gasteiger partial charge in [-0.25, -0.2) is 8.42 Å². The third-order valence-corrected chi connectivity index (χ3v) is 5.78. The first-order valence-electron chi connectivity index (χ1n) is 6.79. The molecule has 1 saturated heterocycles. The van der Waals surface area contributed by atoms with Gasteiger partial charge in [0.15, 0.2) is 9.84 Å². The summed E-state index contributed by atoms with van der Waals surface area (Å²) in [5.74, 6) is 0.725. The van der Waals surface area contributed by atoms with Gasteiger partial charge in [0, 0.05) is 24.8 Å². The second-order valence-corrected chi connectivity index (χ2v) is 7.44. The van der Waals surface area contributed by atoms with Crippen LogP contribution in [-0.2, 0) is 9.84 Å². The number of nitrogens with two attached hydrogens (primary N) is 1. The third kappa shape index (κ3) is 2.77. The Kier molecular flexibility index (Phi) is 4.16. The van der Waals surface area contributed by atoms with Gasteiger partial charge in [-0.1, -0.05) is 13.8 Å². The SMILES string of the molecule is CCS(=O)(=O)c1ccc(N2CCC(C)C2CN)cc1. The monoisotopic (exact) mass is 282 g/mol. The van der Waals surface area contributed by atoms with Crippen molar-refractivity contribution < 1.29 is 8.42 Å². The van der Waals surface area contributed by atoms with Gasteiger partial charge >= 0.3 is 0 Å². The Morgan fingerprint density at radius 2 is 1.95 bits per heavy atom. The van der Waals surface area contributed by atoms with Gasteiger partial charge in [0.2, 0.25) is 0 Å². The van der Waals surface area contributed by atoms with Crippen molar-refractivity contribution in [3.63, 3.8) is 0 Å². The van der Waals surface area contributed by atoms with Crippen molar-refractivity contribution >= 4 is 15.5 Å². The summed E-state index contributed by atoms with van der Waals surface area (Å²) in [6, 6.07) is 7.54. The number of hydrogen-bond donors (Lipinski definition) is 1. The molecular weight excluding hydrogens is 260 g/mol. The Labute approximate surface area is 115 Å². The van der Waals surface area contributed by atoms with Crippen LogP contribution in [0, 0.1) is 5.92 Å². The fourth-order valence-corrected chi connectivity index (χ4v) is 3.58. The van der Waals surface area contributed by atoms with E-state index < -0.39 is 9.84 Å². The number of rotatable bonds is 4. The maximum absolute atomic E-state index is 11.8. The van der Waals surface area contributed by atoms with Crippen LogP contribution in [0.5, 0.6) is 0 Å². The van der Waals surface area contributed by atoms with E-state index in [9.17, 15) is 8.42 Å². The molecule has 2 N–H and O–H groups in total. The predicted octanol–water partition coefficient (Wildman–Crippen LogP) is 1.65. The highest BCUT2D eigenvalue weighted by Gasteiger charge is 2.30. The Hall–Kier alpha value is -1.07. The molecule has 0 amide bonds. The molecule has 106 valence electrons. The first-order chi connectivity index (χ1) is 8.99. The van der Waals surface area contributed by atoms with Gasteiger partial charge < -0.3 is 10.6 Å². The summed E-state index contributed by atoms with van der Waals surface area (Å²) in [7, 11) is -3.11. The molecule has 1 aromatic carbocycles. The lowest BCUT2D eigenvalue weighted by Crippen LogP contribution is -2.38. The van der Waals surface area contributed by atoms with Crippen LogP contribution >= 0.6 is 0 Å². The smallest absolute Gasteiger partial charge is 0.178 e. The highest BCUT2D eigenvalue weighted by molar-refractivity contribution is 7.91. The van der Waals surface area contributed by atoms with Crippen LogP contribution in [0.3, 0.4) is 0 Å². The zero-order chi connectivity index (χ0) is 14.0. The van der Waals surface area contributed by atoms with Crippen molar-refractivity contribution in [3.05, 3.63) is 24.3 Å². The molecule has 1 aliphatic rings. The molecule has 0 bridgehead atoms. The summed E-state index contributed by atoms with van der Waals surface area (Å²) in [5.41, 5.74) is 6.90. The topological polar surface area (TPSA) is 63.4 Å². The number of benzene rings is 1. The molecule has 0 radical (unpaired) electrons. The van der Waals surface area contributed by atoms with Crippen LogP contribution in [0.15, 0.2) is 29.2 Å². The highest BCUT2D eigenvalue weighted by Crippen LogP contribution is 2.29. The van der Waals surface area contributed by atoms with E-state index >= 15 is 0 Å². The molecule has 1 heterocycles. The summed E-state index contributed by atoms with van der Waals surface area (Å²) in [6.45, 7) is 5.50. The minimum absolute atomic E-state index is 0.137. The Morgan fingerprint density at radius 3 is 2.47 bits per heavy atom. The van der Waals surface area contributed by atoms with Crippen LogP contribution < -0.4 is 10.6 Å². The normalized spacial score (nSPS) is 23.8. The van der Waals surface area contributed by atoms with Crippen molar-refractivity contribution in [1.29, 1.82) is 0 Å². The lowest BCUT2D eigenvalue weighted by molar-refractivity contribution is 0.519. The van der Waals surface area contributed by atoms with E-state index in [0.717, 1.165) is 18.7 Å². The van der Waals surface area contributed by atoms with E-state index in [1.54, 1.807) is 19.1 Å².